The zero-order valence-corrected chi connectivity index (χ0v) is 12.0. The minimum absolute atomic E-state index is 0.282. The number of aromatic amines is 1. The molecular weight excluding hydrogens is 278 g/mol. The number of benzene rings is 2. The normalized spacial score (nSPS) is 10.2. The van der Waals surface area contributed by atoms with Gasteiger partial charge in [-0.2, -0.15) is 4.98 Å². The van der Waals surface area contributed by atoms with Crippen molar-refractivity contribution < 1.29 is 4.74 Å². The molecule has 0 radical (unpaired) electrons. The molecule has 0 atom stereocenters. The van der Waals surface area contributed by atoms with Crippen LogP contribution in [-0.4, -0.2) is 9.97 Å². The van der Waals surface area contributed by atoms with Gasteiger partial charge in [-0.25, -0.2) is 4.79 Å². The third kappa shape index (κ3) is 3.52. The molecule has 22 heavy (non-hydrogen) atoms. The molecule has 0 bridgehead atoms. The molecule has 3 aromatic rings. The molecule has 5 nitrogen and oxygen atoms in total. The van der Waals surface area contributed by atoms with Crippen LogP contribution in [0.1, 0.15) is 5.69 Å². The van der Waals surface area contributed by atoms with E-state index in [1.165, 1.54) is 0 Å². The number of ether oxygens (including phenoxy) is 1. The second-order valence-electron chi connectivity index (χ2n) is 4.83. The summed E-state index contributed by atoms with van der Waals surface area (Å²) in [7, 11) is 0. The van der Waals surface area contributed by atoms with Crippen molar-refractivity contribution in [2.75, 3.05) is 5.32 Å². The lowest BCUT2D eigenvalue weighted by atomic mass is 10.2. The maximum atomic E-state index is 11.3. The van der Waals surface area contributed by atoms with Crippen LogP contribution in [0.5, 0.6) is 11.6 Å². The van der Waals surface area contributed by atoms with E-state index in [-0.39, 0.29) is 5.88 Å². The van der Waals surface area contributed by atoms with Crippen LogP contribution in [0.4, 0.5) is 11.4 Å². The van der Waals surface area contributed by atoms with Gasteiger partial charge in [0.1, 0.15) is 5.75 Å². The Bertz CT molecular complexity index is 811. The molecule has 0 spiro atoms. The summed E-state index contributed by atoms with van der Waals surface area (Å²) < 4.78 is 5.59. The summed E-state index contributed by atoms with van der Waals surface area (Å²) in [6, 6.07) is 19.0. The predicted molar refractivity (Wildman–Crippen MR) is 85.8 cm³/mol. The van der Waals surface area contributed by atoms with Crippen molar-refractivity contribution in [3.63, 3.8) is 0 Å². The number of H-pyrrole nitrogens is 1. The van der Waals surface area contributed by atoms with Gasteiger partial charge in [0.2, 0.25) is 5.88 Å². The molecule has 110 valence electrons. The van der Waals surface area contributed by atoms with E-state index in [2.05, 4.69) is 15.3 Å². The largest absolute Gasteiger partial charge is 0.439 e. The number of rotatable bonds is 4. The molecule has 0 aliphatic rings. The smallest absolute Gasteiger partial charge is 0.348 e. The molecule has 1 aromatic heterocycles. The Balaban J connectivity index is 1.72. The molecule has 0 amide bonds. The van der Waals surface area contributed by atoms with Gasteiger partial charge < -0.3 is 15.0 Å². The minimum atomic E-state index is -0.419. The van der Waals surface area contributed by atoms with Crippen molar-refractivity contribution in [1.29, 1.82) is 0 Å². The van der Waals surface area contributed by atoms with Gasteiger partial charge >= 0.3 is 5.69 Å². The molecule has 2 N–H and O–H groups in total. The summed E-state index contributed by atoms with van der Waals surface area (Å²) in [6.07, 6.45) is 0. The number of nitrogens with zero attached hydrogens (tertiary/aromatic N) is 1. The quantitative estimate of drug-likeness (QED) is 0.771. The number of nitrogens with one attached hydrogen (secondary N) is 2. The fraction of sp³-hybridized carbons (Fsp3) is 0.0588. The van der Waals surface area contributed by atoms with Gasteiger partial charge in [-0.05, 0) is 43.3 Å². The first kappa shape index (κ1) is 13.9. The fourth-order valence-corrected chi connectivity index (χ4v) is 2.02. The molecule has 0 saturated carbocycles. The molecule has 0 unspecified atom stereocenters. The first-order valence-corrected chi connectivity index (χ1v) is 6.87. The van der Waals surface area contributed by atoms with Gasteiger partial charge in [-0.1, -0.05) is 18.2 Å². The Morgan fingerprint density at radius 1 is 1.00 bits per heavy atom. The maximum absolute atomic E-state index is 11.3. The van der Waals surface area contributed by atoms with Gasteiger partial charge in [0.05, 0.1) is 0 Å². The van der Waals surface area contributed by atoms with E-state index in [0.717, 1.165) is 11.4 Å². The number of hydrogen-bond acceptors (Lipinski definition) is 4. The van der Waals surface area contributed by atoms with Crippen molar-refractivity contribution in [3.05, 3.63) is 76.8 Å². The number of anilines is 2. The number of hydrogen-bond donors (Lipinski definition) is 2. The lowest BCUT2D eigenvalue weighted by Crippen LogP contribution is -2.11. The molecule has 3 rings (SSSR count). The molecule has 5 heteroatoms. The molecular formula is C17H15N3O2. The molecule has 2 aromatic carbocycles. The molecule has 0 fully saturated rings. The highest BCUT2D eigenvalue weighted by Gasteiger charge is 2.02. The second kappa shape index (κ2) is 6.13. The summed E-state index contributed by atoms with van der Waals surface area (Å²) in [5, 5.41) is 3.29. The first-order chi connectivity index (χ1) is 10.7. The molecule has 0 aliphatic carbocycles. The van der Waals surface area contributed by atoms with Gasteiger partial charge in [0.15, 0.2) is 0 Å². The van der Waals surface area contributed by atoms with Crippen molar-refractivity contribution in [3.8, 4) is 11.6 Å². The Morgan fingerprint density at radius 3 is 2.36 bits per heavy atom. The number of aryl methyl sites for hydroxylation is 1. The zero-order chi connectivity index (χ0) is 15.4. The monoisotopic (exact) mass is 293 g/mol. The van der Waals surface area contributed by atoms with Gasteiger partial charge in [-0.15, -0.1) is 0 Å². The summed E-state index contributed by atoms with van der Waals surface area (Å²) in [4.78, 5) is 17.6. The van der Waals surface area contributed by atoms with E-state index in [9.17, 15) is 4.79 Å². The van der Waals surface area contributed by atoms with E-state index < -0.39 is 5.69 Å². The summed E-state index contributed by atoms with van der Waals surface area (Å²) >= 11 is 0. The Morgan fingerprint density at radius 2 is 1.68 bits per heavy atom. The van der Waals surface area contributed by atoms with Crippen molar-refractivity contribution in [1.82, 2.24) is 9.97 Å². The fourth-order valence-electron chi connectivity index (χ4n) is 2.02. The average molecular weight is 293 g/mol. The lowest BCUT2D eigenvalue weighted by Gasteiger charge is -2.08. The lowest BCUT2D eigenvalue weighted by molar-refractivity contribution is 0.458. The third-order valence-electron chi connectivity index (χ3n) is 3.00. The van der Waals surface area contributed by atoms with Crippen molar-refractivity contribution in [2.24, 2.45) is 0 Å². The van der Waals surface area contributed by atoms with E-state index in [0.29, 0.717) is 11.4 Å². The van der Waals surface area contributed by atoms with Crippen molar-refractivity contribution in [2.45, 2.75) is 6.92 Å². The maximum Gasteiger partial charge on any atom is 0.348 e. The Hall–Kier alpha value is -3.08. The summed E-state index contributed by atoms with van der Waals surface area (Å²) in [5.74, 6) is 0.904. The minimum Gasteiger partial charge on any atom is -0.439 e. The van der Waals surface area contributed by atoms with Gasteiger partial charge in [0.25, 0.3) is 0 Å². The molecule has 0 aliphatic heterocycles. The number of aromatic nitrogens is 2. The SMILES string of the molecule is Cc1cc(Oc2ccc(Nc3ccccc3)cc2)nc(=O)[nH]1. The van der Waals surface area contributed by atoms with Crippen LogP contribution in [0.15, 0.2) is 65.5 Å². The van der Waals surface area contributed by atoms with Crippen LogP contribution in [0, 0.1) is 6.92 Å². The van der Waals surface area contributed by atoms with E-state index in [1.807, 2.05) is 54.6 Å². The standard InChI is InChI=1S/C17H15N3O2/c1-12-11-16(20-17(21)18-12)22-15-9-7-14(8-10-15)19-13-5-3-2-4-6-13/h2-11,19H,1H3,(H,18,20,21). The van der Waals surface area contributed by atoms with E-state index in [1.54, 1.807) is 13.0 Å². The number of para-hydroxylation sites is 1. The van der Waals surface area contributed by atoms with E-state index in [4.69, 9.17) is 4.74 Å². The van der Waals surface area contributed by atoms with Crippen LogP contribution in [0.25, 0.3) is 0 Å². The predicted octanol–water partition coefficient (Wildman–Crippen LogP) is 3.61. The highest BCUT2D eigenvalue weighted by Crippen LogP contribution is 2.23. The topological polar surface area (TPSA) is 67.0 Å². The van der Waals surface area contributed by atoms with Crippen molar-refractivity contribution >= 4 is 11.4 Å². The van der Waals surface area contributed by atoms with E-state index >= 15 is 0 Å². The summed E-state index contributed by atoms with van der Waals surface area (Å²) in [6.45, 7) is 1.78. The van der Waals surface area contributed by atoms with Crippen LogP contribution in [0.3, 0.4) is 0 Å². The molecule has 1 heterocycles. The Labute approximate surface area is 127 Å². The summed E-state index contributed by atoms with van der Waals surface area (Å²) in [5.41, 5.74) is 2.26. The van der Waals surface area contributed by atoms with Crippen LogP contribution in [-0.2, 0) is 0 Å². The third-order valence-corrected chi connectivity index (χ3v) is 3.00. The van der Waals surface area contributed by atoms with Crippen LogP contribution in [0.2, 0.25) is 0 Å². The van der Waals surface area contributed by atoms with Gasteiger partial charge in [0, 0.05) is 23.1 Å². The average Bonchev–Trinajstić information content (AvgIpc) is 2.49. The van der Waals surface area contributed by atoms with Crippen LogP contribution < -0.4 is 15.7 Å². The second-order valence-corrected chi connectivity index (χ2v) is 4.83. The highest BCUT2D eigenvalue weighted by atomic mass is 16.5. The van der Waals surface area contributed by atoms with Gasteiger partial charge in [-0.3, -0.25) is 0 Å². The highest BCUT2D eigenvalue weighted by molar-refractivity contribution is 5.60. The first-order valence-electron chi connectivity index (χ1n) is 6.87. The molecule has 0 saturated heterocycles. The Kier molecular flexibility index (Phi) is 3.87. The van der Waals surface area contributed by atoms with Crippen LogP contribution >= 0.6 is 0 Å². The zero-order valence-electron chi connectivity index (χ0n) is 12.0.